The van der Waals surface area contributed by atoms with Gasteiger partial charge in [-0.1, -0.05) is 13.3 Å². The minimum atomic E-state index is -0.298. The summed E-state index contributed by atoms with van der Waals surface area (Å²) in [6.07, 6.45) is 5.36. The summed E-state index contributed by atoms with van der Waals surface area (Å²) in [5.74, 6) is -0.0875. The molecule has 2 aliphatic heterocycles. The zero-order valence-electron chi connectivity index (χ0n) is 15.0. The van der Waals surface area contributed by atoms with Gasteiger partial charge in [0.15, 0.2) is 0 Å². The van der Waals surface area contributed by atoms with E-state index < -0.39 is 0 Å². The molecule has 0 aromatic carbocycles. The highest BCUT2D eigenvalue weighted by Crippen LogP contribution is 2.24. The highest BCUT2D eigenvalue weighted by molar-refractivity contribution is 5.88. The van der Waals surface area contributed by atoms with Crippen LogP contribution in [0.25, 0.3) is 0 Å². The van der Waals surface area contributed by atoms with Crippen molar-refractivity contribution in [2.45, 2.75) is 64.8 Å². The topological polar surface area (TPSA) is 66.9 Å². The van der Waals surface area contributed by atoms with Gasteiger partial charge in [0.05, 0.1) is 12.5 Å². The molecule has 0 bridgehead atoms. The minimum absolute atomic E-state index is 0.0552. The number of unbranched alkanes of at least 4 members (excludes halogenated alkanes) is 1. The summed E-state index contributed by atoms with van der Waals surface area (Å²) in [6, 6.07) is -0.298. The molecular formula is C18H30N2O4. The number of piperidine rings is 1. The number of nitrogens with zero attached hydrogens (tertiary/aromatic N) is 2. The Morgan fingerprint density at radius 2 is 1.75 bits per heavy atom. The standard InChI is InChI=1S/C18H30N2O4/c1-3-5-8-16(21)20-11-6-7-15(20)17(22)19-12-9-14(10-13-19)18(23)24-4-2/h14-15H,3-13H2,1-2H3. The number of esters is 1. The average Bonchev–Trinajstić information content (AvgIpc) is 3.09. The van der Waals surface area contributed by atoms with Crippen LogP contribution in [0.15, 0.2) is 0 Å². The lowest BCUT2D eigenvalue weighted by Crippen LogP contribution is -2.50. The van der Waals surface area contributed by atoms with E-state index in [4.69, 9.17) is 4.74 Å². The first-order valence-electron chi connectivity index (χ1n) is 9.33. The Kier molecular flexibility index (Phi) is 7.06. The van der Waals surface area contributed by atoms with Gasteiger partial charge in [-0.05, 0) is 39.0 Å². The lowest BCUT2D eigenvalue weighted by atomic mass is 9.96. The molecule has 0 aliphatic carbocycles. The Hall–Kier alpha value is -1.59. The van der Waals surface area contributed by atoms with E-state index in [1.54, 1.807) is 11.8 Å². The van der Waals surface area contributed by atoms with Crippen molar-refractivity contribution >= 4 is 17.8 Å². The van der Waals surface area contributed by atoms with Crippen molar-refractivity contribution in [3.05, 3.63) is 0 Å². The molecule has 0 saturated carbocycles. The van der Waals surface area contributed by atoms with Gasteiger partial charge in [0.25, 0.3) is 0 Å². The Bertz CT molecular complexity index is 458. The molecule has 1 unspecified atom stereocenters. The van der Waals surface area contributed by atoms with Gasteiger partial charge >= 0.3 is 5.97 Å². The molecule has 6 heteroatoms. The summed E-state index contributed by atoms with van der Waals surface area (Å²) in [6.45, 7) is 6.12. The third-order valence-corrected chi connectivity index (χ3v) is 5.03. The number of rotatable bonds is 6. The van der Waals surface area contributed by atoms with E-state index >= 15 is 0 Å². The molecule has 0 aromatic rings. The first-order valence-corrected chi connectivity index (χ1v) is 9.33. The molecule has 2 heterocycles. The molecule has 2 rings (SSSR count). The van der Waals surface area contributed by atoms with Gasteiger partial charge in [-0.3, -0.25) is 14.4 Å². The number of carbonyl (C=O) groups excluding carboxylic acids is 3. The van der Waals surface area contributed by atoms with Crippen LogP contribution in [0.2, 0.25) is 0 Å². The number of ether oxygens (including phenoxy) is 1. The van der Waals surface area contributed by atoms with Gasteiger partial charge in [-0.2, -0.15) is 0 Å². The van der Waals surface area contributed by atoms with Crippen LogP contribution in [0, 0.1) is 5.92 Å². The fourth-order valence-electron chi connectivity index (χ4n) is 3.60. The monoisotopic (exact) mass is 338 g/mol. The number of carbonyl (C=O) groups is 3. The molecule has 2 aliphatic rings. The molecule has 24 heavy (non-hydrogen) atoms. The highest BCUT2D eigenvalue weighted by atomic mass is 16.5. The second kappa shape index (κ2) is 9.04. The molecular weight excluding hydrogens is 308 g/mol. The zero-order valence-corrected chi connectivity index (χ0v) is 15.0. The second-order valence-electron chi connectivity index (χ2n) is 6.70. The van der Waals surface area contributed by atoms with Gasteiger partial charge in [0.2, 0.25) is 11.8 Å². The van der Waals surface area contributed by atoms with E-state index in [0.29, 0.717) is 45.5 Å². The van der Waals surface area contributed by atoms with Gasteiger partial charge in [-0.25, -0.2) is 0 Å². The lowest BCUT2D eigenvalue weighted by molar-refractivity contribution is -0.152. The average molecular weight is 338 g/mol. The fraction of sp³-hybridized carbons (Fsp3) is 0.833. The summed E-state index contributed by atoms with van der Waals surface area (Å²) >= 11 is 0. The van der Waals surface area contributed by atoms with Crippen LogP contribution in [-0.2, 0) is 19.1 Å². The maximum absolute atomic E-state index is 12.8. The lowest BCUT2D eigenvalue weighted by Gasteiger charge is -2.34. The first-order chi connectivity index (χ1) is 11.6. The van der Waals surface area contributed by atoms with Crippen LogP contribution in [0.5, 0.6) is 0 Å². The van der Waals surface area contributed by atoms with Crippen molar-refractivity contribution in [1.82, 2.24) is 9.80 Å². The fourth-order valence-corrected chi connectivity index (χ4v) is 3.60. The van der Waals surface area contributed by atoms with Crippen molar-refractivity contribution in [3.8, 4) is 0 Å². The smallest absolute Gasteiger partial charge is 0.309 e. The molecule has 6 nitrogen and oxygen atoms in total. The SMILES string of the molecule is CCCCC(=O)N1CCCC1C(=O)N1CCC(C(=O)OCC)CC1. The molecule has 1 atom stereocenters. The van der Waals surface area contributed by atoms with E-state index in [1.165, 1.54) is 0 Å². The summed E-state index contributed by atoms with van der Waals surface area (Å²) in [5, 5.41) is 0. The third kappa shape index (κ3) is 4.48. The molecule has 0 N–H and O–H groups in total. The van der Waals surface area contributed by atoms with E-state index in [-0.39, 0.29) is 29.7 Å². The Labute approximate surface area is 144 Å². The number of amides is 2. The van der Waals surface area contributed by atoms with Crippen molar-refractivity contribution in [2.24, 2.45) is 5.92 Å². The minimum Gasteiger partial charge on any atom is -0.466 e. The molecule has 0 radical (unpaired) electrons. The van der Waals surface area contributed by atoms with Crippen LogP contribution in [0.3, 0.4) is 0 Å². The number of likely N-dealkylation sites (tertiary alicyclic amines) is 2. The predicted molar refractivity (Wildman–Crippen MR) is 90.2 cm³/mol. The van der Waals surface area contributed by atoms with Gasteiger partial charge in [-0.15, -0.1) is 0 Å². The maximum Gasteiger partial charge on any atom is 0.309 e. The van der Waals surface area contributed by atoms with E-state index in [9.17, 15) is 14.4 Å². The van der Waals surface area contributed by atoms with E-state index in [1.807, 2.05) is 4.90 Å². The van der Waals surface area contributed by atoms with Crippen molar-refractivity contribution < 1.29 is 19.1 Å². The summed E-state index contributed by atoms with van der Waals surface area (Å²) in [4.78, 5) is 40.5. The maximum atomic E-state index is 12.8. The van der Waals surface area contributed by atoms with Crippen LogP contribution >= 0.6 is 0 Å². The molecule has 0 spiro atoms. The van der Waals surface area contributed by atoms with Crippen LogP contribution in [0.1, 0.15) is 58.8 Å². The molecule has 2 fully saturated rings. The normalized spacial score (nSPS) is 21.8. The summed E-state index contributed by atoms with van der Waals surface area (Å²) < 4.78 is 5.07. The number of hydrogen-bond acceptors (Lipinski definition) is 4. The summed E-state index contributed by atoms with van der Waals surface area (Å²) in [7, 11) is 0. The highest BCUT2D eigenvalue weighted by Gasteiger charge is 2.38. The Morgan fingerprint density at radius 3 is 2.38 bits per heavy atom. The van der Waals surface area contributed by atoms with Gasteiger partial charge < -0.3 is 14.5 Å². The molecule has 136 valence electrons. The van der Waals surface area contributed by atoms with E-state index in [2.05, 4.69) is 6.92 Å². The van der Waals surface area contributed by atoms with Crippen molar-refractivity contribution in [2.75, 3.05) is 26.2 Å². The quantitative estimate of drug-likeness (QED) is 0.695. The van der Waals surface area contributed by atoms with Gasteiger partial charge in [0, 0.05) is 26.1 Å². The zero-order chi connectivity index (χ0) is 17.5. The third-order valence-electron chi connectivity index (χ3n) is 5.03. The van der Waals surface area contributed by atoms with E-state index in [0.717, 1.165) is 25.7 Å². The molecule has 2 saturated heterocycles. The predicted octanol–water partition coefficient (Wildman–Crippen LogP) is 1.97. The molecule has 2 amide bonds. The van der Waals surface area contributed by atoms with Crippen molar-refractivity contribution in [3.63, 3.8) is 0 Å². The largest absolute Gasteiger partial charge is 0.466 e. The van der Waals surface area contributed by atoms with Gasteiger partial charge in [0.1, 0.15) is 6.04 Å². The Morgan fingerprint density at radius 1 is 1.04 bits per heavy atom. The Balaban J connectivity index is 1.87. The summed E-state index contributed by atoms with van der Waals surface area (Å²) in [5.41, 5.74) is 0. The van der Waals surface area contributed by atoms with Crippen LogP contribution < -0.4 is 0 Å². The number of hydrogen-bond donors (Lipinski definition) is 0. The first kappa shape index (κ1) is 18.7. The van der Waals surface area contributed by atoms with Crippen LogP contribution in [0.4, 0.5) is 0 Å². The van der Waals surface area contributed by atoms with Crippen molar-refractivity contribution in [1.29, 1.82) is 0 Å². The van der Waals surface area contributed by atoms with Crippen LogP contribution in [-0.4, -0.2) is 59.9 Å². The molecule has 0 aromatic heterocycles. The second-order valence-corrected chi connectivity index (χ2v) is 6.70.